The molecule has 1 aromatic carbocycles. The van der Waals surface area contributed by atoms with Crippen molar-refractivity contribution in [2.75, 3.05) is 6.61 Å². The molecule has 0 saturated carbocycles. The summed E-state index contributed by atoms with van der Waals surface area (Å²) >= 11 is 0. The average Bonchev–Trinajstić information content (AvgIpc) is 2.98. The molecule has 0 spiro atoms. The zero-order valence-corrected chi connectivity index (χ0v) is 19.8. The minimum absolute atomic E-state index is 0.00584. The van der Waals surface area contributed by atoms with Crippen LogP contribution in [0.1, 0.15) is 40.2 Å². The van der Waals surface area contributed by atoms with Crippen molar-refractivity contribution in [1.82, 2.24) is 4.90 Å². The second-order valence-electron chi connectivity index (χ2n) is 9.56. The van der Waals surface area contributed by atoms with Crippen LogP contribution in [0.2, 0.25) is 18.1 Å². The van der Waals surface area contributed by atoms with Gasteiger partial charge in [0.2, 0.25) is 5.91 Å². The molecule has 1 heterocycles. The van der Waals surface area contributed by atoms with Crippen LogP contribution in [-0.4, -0.2) is 44.0 Å². The van der Waals surface area contributed by atoms with E-state index >= 15 is 0 Å². The molecule has 2 amide bonds. The highest BCUT2D eigenvalue weighted by Crippen LogP contribution is 2.39. The van der Waals surface area contributed by atoms with Gasteiger partial charge in [-0.15, -0.1) is 0 Å². The van der Waals surface area contributed by atoms with E-state index in [4.69, 9.17) is 9.16 Å². The van der Waals surface area contributed by atoms with E-state index in [1.807, 2.05) is 44.2 Å². The first-order valence-electron chi connectivity index (χ1n) is 10.2. The molecule has 1 saturated heterocycles. The minimum Gasteiger partial charge on any atom is -0.447 e. The summed E-state index contributed by atoms with van der Waals surface area (Å²) in [6.07, 6.45) is -0.434. The van der Waals surface area contributed by atoms with E-state index in [0.29, 0.717) is 6.42 Å². The Morgan fingerprint density at radius 2 is 1.90 bits per heavy atom. The largest absolute Gasteiger partial charge is 0.447 e. The highest BCUT2D eigenvalue weighted by atomic mass is 28.4. The Morgan fingerprint density at radius 1 is 1.31 bits per heavy atom. The lowest BCUT2D eigenvalue weighted by molar-refractivity contribution is -0.135. The molecular weight excluding hydrogens is 382 g/mol. The maximum Gasteiger partial charge on any atom is 0.416 e. The molecule has 3 atom stereocenters. The molecule has 0 N–H and O–H groups in total. The smallest absolute Gasteiger partial charge is 0.416 e. The van der Waals surface area contributed by atoms with Crippen LogP contribution < -0.4 is 0 Å². The average molecular weight is 418 g/mol. The summed E-state index contributed by atoms with van der Waals surface area (Å²) in [4.78, 5) is 27.0. The van der Waals surface area contributed by atoms with E-state index in [0.717, 1.165) is 11.1 Å². The lowest BCUT2D eigenvalue weighted by Crippen LogP contribution is -2.50. The molecule has 29 heavy (non-hydrogen) atoms. The first-order chi connectivity index (χ1) is 13.3. The van der Waals surface area contributed by atoms with Gasteiger partial charge >= 0.3 is 6.09 Å². The molecule has 1 aliphatic rings. The predicted octanol–water partition coefficient (Wildman–Crippen LogP) is 5.18. The van der Waals surface area contributed by atoms with E-state index in [2.05, 4.69) is 40.4 Å². The van der Waals surface area contributed by atoms with Crippen LogP contribution in [0.25, 0.3) is 0 Å². The van der Waals surface area contributed by atoms with Crippen molar-refractivity contribution in [3.63, 3.8) is 0 Å². The Morgan fingerprint density at radius 3 is 2.41 bits per heavy atom. The second kappa shape index (κ2) is 8.84. The molecule has 0 aromatic heterocycles. The fourth-order valence-corrected chi connectivity index (χ4v) is 4.63. The van der Waals surface area contributed by atoms with Crippen molar-refractivity contribution < 1.29 is 18.8 Å². The summed E-state index contributed by atoms with van der Waals surface area (Å²) in [6, 6.07) is 9.52. The van der Waals surface area contributed by atoms with Crippen molar-refractivity contribution in [2.45, 2.75) is 71.3 Å². The third kappa shape index (κ3) is 5.37. The zero-order chi connectivity index (χ0) is 22.0. The fourth-order valence-electron chi connectivity index (χ4n) is 3.24. The number of cyclic esters (lactones) is 1. The van der Waals surface area contributed by atoms with Gasteiger partial charge in [0.05, 0.1) is 18.1 Å². The van der Waals surface area contributed by atoms with Crippen LogP contribution in [0.4, 0.5) is 4.79 Å². The van der Waals surface area contributed by atoms with Gasteiger partial charge in [-0.3, -0.25) is 4.79 Å². The normalized spacial score (nSPS) is 19.6. The molecule has 1 fully saturated rings. The Hall–Kier alpha value is -1.92. The van der Waals surface area contributed by atoms with E-state index in [9.17, 15) is 9.59 Å². The molecule has 1 aliphatic heterocycles. The number of hydrogen-bond donors (Lipinski definition) is 0. The third-order valence-corrected chi connectivity index (χ3v) is 10.5. The molecule has 6 heteroatoms. The molecule has 1 aromatic rings. The zero-order valence-electron chi connectivity index (χ0n) is 18.8. The van der Waals surface area contributed by atoms with Crippen LogP contribution in [-0.2, 0) is 20.4 Å². The van der Waals surface area contributed by atoms with Crippen LogP contribution in [0, 0.1) is 5.92 Å². The number of ether oxygens (including phenoxy) is 1. The molecule has 0 radical (unpaired) electrons. The second-order valence-corrected chi connectivity index (χ2v) is 14.3. The number of imide groups is 1. The Bertz CT molecular complexity index is 754. The maximum atomic E-state index is 13.4. The van der Waals surface area contributed by atoms with Crippen molar-refractivity contribution >= 4 is 20.3 Å². The standard InChI is InChI=1S/C23H35NO4Si/c1-16(2)20(28-29(7,8)23(4,5)6)17(3)21(25)24-19(15-27-22(24)26)14-18-12-10-9-11-13-18/h9-13,17,19-20H,1,14-15H2,2-8H3/t17-,19+,20-/m0/s1. The van der Waals surface area contributed by atoms with Gasteiger partial charge in [-0.05, 0) is 37.0 Å². The van der Waals surface area contributed by atoms with Crippen molar-refractivity contribution in [1.29, 1.82) is 0 Å². The topological polar surface area (TPSA) is 55.8 Å². The van der Waals surface area contributed by atoms with Crippen molar-refractivity contribution in [3.8, 4) is 0 Å². The van der Waals surface area contributed by atoms with E-state index in [1.165, 1.54) is 4.90 Å². The van der Waals surface area contributed by atoms with Gasteiger partial charge in [0.25, 0.3) is 0 Å². The van der Waals surface area contributed by atoms with Gasteiger partial charge in [-0.1, -0.05) is 70.2 Å². The predicted molar refractivity (Wildman–Crippen MR) is 118 cm³/mol. The molecule has 0 bridgehead atoms. The molecule has 0 unspecified atom stereocenters. The molecule has 160 valence electrons. The van der Waals surface area contributed by atoms with Gasteiger partial charge in [-0.25, -0.2) is 9.69 Å². The third-order valence-electron chi connectivity index (χ3n) is 6.07. The molecular formula is C23H35NO4Si. The molecule has 2 rings (SSSR count). The van der Waals surface area contributed by atoms with E-state index in [-0.39, 0.29) is 23.6 Å². The van der Waals surface area contributed by atoms with Gasteiger partial charge in [0.15, 0.2) is 8.32 Å². The molecule has 5 nitrogen and oxygen atoms in total. The number of carbonyl (C=O) groups is 2. The monoisotopic (exact) mass is 417 g/mol. The number of amides is 2. The summed E-state index contributed by atoms with van der Waals surface area (Å²) in [7, 11) is -2.12. The highest BCUT2D eigenvalue weighted by Gasteiger charge is 2.45. The highest BCUT2D eigenvalue weighted by molar-refractivity contribution is 6.74. The van der Waals surface area contributed by atoms with Crippen LogP contribution in [0.15, 0.2) is 42.5 Å². The fraction of sp³-hybridized carbons (Fsp3) is 0.565. The summed E-state index contributed by atoms with van der Waals surface area (Å²) in [5.74, 6) is -0.786. The van der Waals surface area contributed by atoms with Gasteiger partial charge in [0.1, 0.15) is 6.61 Å². The van der Waals surface area contributed by atoms with Crippen LogP contribution in [0.5, 0.6) is 0 Å². The number of carbonyl (C=O) groups excluding carboxylic acids is 2. The van der Waals surface area contributed by atoms with Crippen LogP contribution in [0.3, 0.4) is 0 Å². The van der Waals surface area contributed by atoms with Gasteiger partial charge in [0, 0.05) is 0 Å². The SMILES string of the molecule is C=C(C)[C@H](O[Si](C)(C)C(C)(C)C)[C@H](C)C(=O)N1C(=O)OC[C@H]1Cc1ccccc1. The van der Waals surface area contributed by atoms with E-state index in [1.54, 1.807) is 0 Å². The van der Waals surface area contributed by atoms with Crippen LogP contribution >= 0.6 is 0 Å². The molecule has 0 aliphatic carbocycles. The van der Waals surface area contributed by atoms with E-state index < -0.39 is 26.4 Å². The first kappa shape index (κ1) is 23.4. The quantitative estimate of drug-likeness (QED) is 0.453. The minimum atomic E-state index is -2.12. The summed E-state index contributed by atoms with van der Waals surface area (Å²) in [5, 5.41) is 0.00584. The van der Waals surface area contributed by atoms with Gasteiger partial charge in [-0.2, -0.15) is 0 Å². The van der Waals surface area contributed by atoms with Gasteiger partial charge < -0.3 is 9.16 Å². The maximum absolute atomic E-state index is 13.4. The summed E-state index contributed by atoms with van der Waals surface area (Å²) in [5.41, 5.74) is 1.86. The van der Waals surface area contributed by atoms with Crippen molar-refractivity contribution in [2.24, 2.45) is 5.92 Å². The lowest BCUT2D eigenvalue weighted by Gasteiger charge is -2.41. The van der Waals surface area contributed by atoms with Crippen molar-refractivity contribution in [3.05, 3.63) is 48.0 Å². The Balaban J connectivity index is 2.22. The summed E-state index contributed by atoms with van der Waals surface area (Å²) in [6.45, 7) is 18.8. The number of rotatable bonds is 7. The number of benzene rings is 1. The lowest BCUT2D eigenvalue weighted by atomic mass is 9.96. The number of nitrogens with zero attached hydrogens (tertiary/aromatic N) is 1. The first-order valence-corrected chi connectivity index (χ1v) is 13.1. The summed E-state index contributed by atoms with van der Waals surface area (Å²) < 4.78 is 11.8. The Kier molecular flexibility index (Phi) is 7.12. The number of hydrogen-bond acceptors (Lipinski definition) is 4. The Labute approximate surface area is 176 Å².